The number of benzene rings is 1. The van der Waals surface area contributed by atoms with Gasteiger partial charge >= 0.3 is 12.1 Å². The molecule has 0 bridgehead atoms. The highest BCUT2D eigenvalue weighted by atomic mass is 19.4. The van der Waals surface area contributed by atoms with Gasteiger partial charge in [0.2, 0.25) is 5.43 Å². The van der Waals surface area contributed by atoms with Crippen LogP contribution in [0.2, 0.25) is 0 Å². The lowest BCUT2D eigenvalue weighted by Gasteiger charge is -2.11. The molecule has 1 heterocycles. The van der Waals surface area contributed by atoms with E-state index in [9.17, 15) is 22.8 Å². The Morgan fingerprint density at radius 1 is 1.32 bits per heavy atom. The first-order valence-corrected chi connectivity index (χ1v) is 5.15. The van der Waals surface area contributed by atoms with Crippen molar-refractivity contribution in [3.05, 3.63) is 45.7 Å². The van der Waals surface area contributed by atoms with Crippen molar-refractivity contribution in [2.45, 2.75) is 6.18 Å². The average molecular weight is 271 g/mol. The van der Waals surface area contributed by atoms with Gasteiger partial charge < -0.3 is 9.67 Å². The van der Waals surface area contributed by atoms with Gasteiger partial charge in [-0.05, 0) is 18.2 Å². The number of pyridine rings is 1. The molecule has 1 N–H and O–H groups in total. The molecule has 0 aliphatic heterocycles. The van der Waals surface area contributed by atoms with E-state index in [1.807, 2.05) is 0 Å². The van der Waals surface area contributed by atoms with Crippen LogP contribution in [-0.4, -0.2) is 15.6 Å². The van der Waals surface area contributed by atoms with E-state index in [4.69, 9.17) is 5.11 Å². The molecule has 0 saturated heterocycles. The number of rotatable bonds is 1. The monoisotopic (exact) mass is 271 g/mol. The van der Waals surface area contributed by atoms with Crippen LogP contribution in [0.1, 0.15) is 15.9 Å². The van der Waals surface area contributed by atoms with Crippen molar-refractivity contribution in [1.82, 2.24) is 4.57 Å². The van der Waals surface area contributed by atoms with Crippen LogP contribution in [-0.2, 0) is 13.2 Å². The molecule has 1 aromatic carbocycles. The molecule has 0 atom stereocenters. The Morgan fingerprint density at radius 2 is 1.95 bits per heavy atom. The van der Waals surface area contributed by atoms with Gasteiger partial charge in [-0.2, -0.15) is 13.2 Å². The number of carboxylic acids is 1. The summed E-state index contributed by atoms with van der Waals surface area (Å²) in [5, 5.41) is 8.78. The summed E-state index contributed by atoms with van der Waals surface area (Å²) in [6.07, 6.45) is -3.51. The Balaban J connectivity index is 2.84. The molecule has 4 nitrogen and oxygen atoms in total. The lowest BCUT2D eigenvalue weighted by atomic mass is 10.1. The quantitative estimate of drug-likeness (QED) is 0.865. The summed E-state index contributed by atoms with van der Waals surface area (Å²) < 4.78 is 38.9. The molecule has 0 radical (unpaired) electrons. The minimum Gasteiger partial charge on any atom is -0.477 e. The lowest BCUT2D eigenvalue weighted by molar-refractivity contribution is -0.137. The second-order valence-electron chi connectivity index (χ2n) is 4.02. The Bertz CT molecular complexity index is 731. The van der Waals surface area contributed by atoms with Gasteiger partial charge in [0.25, 0.3) is 0 Å². The lowest BCUT2D eigenvalue weighted by Crippen LogP contribution is -2.18. The van der Waals surface area contributed by atoms with Crippen molar-refractivity contribution >= 4 is 16.9 Å². The van der Waals surface area contributed by atoms with Crippen LogP contribution >= 0.6 is 0 Å². The first-order chi connectivity index (χ1) is 8.71. The number of nitrogens with zero attached hydrogens (tertiary/aromatic N) is 1. The van der Waals surface area contributed by atoms with E-state index in [1.165, 1.54) is 11.6 Å². The summed E-state index contributed by atoms with van der Waals surface area (Å²) in [6, 6.07) is 2.57. The zero-order valence-corrected chi connectivity index (χ0v) is 9.65. The fraction of sp³-hybridized carbons (Fsp3) is 0.167. The second kappa shape index (κ2) is 4.11. The third-order valence-corrected chi connectivity index (χ3v) is 2.75. The number of fused-ring (bicyclic) bond motifs is 1. The Hall–Kier alpha value is -2.31. The standard InChI is InChI=1S/C12H8F3NO3/c1-16-5-8(11(18)19)10(17)7-3-2-6(4-9(7)16)12(13,14)15/h2-5H,1H3,(H,18,19). The van der Waals surface area contributed by atoms with Crippen LogP contribution < -0.4 is 5.43 Å². The van der Waals surface area contributed by atoms with E-state index in [2.05, 4.69) is 0 Å². The van der Waals surface area contributed by atoms with Crippen LogP contribution in [0.3, 0.4) is 0 Å². The normalized spacial score (nSPS) is 11.8. The molecular weight excluding hydrogens is 263 g/mol. The maximum absolute atomic E-state index is 12.6. The molecule has 0 spiro atoms. The van der Waals surface area contributed by atoms with Crippen molar-refractivity contribution in [3.63, 3.8) is 0 Å². The molecule has 2 rings (SSSR count). The smallest absolute Gasteiger partial charge is 0.416 e. The van der Waals surface area contributed by atoms with Crippen LogP contribution in [0.15, 0.2) is 29.2 Å². The van der Waals surface area contributed by atoms with Gasteiger partial charge in [0, 0.05) is 18.6 Å². The predicted molar refractivity (Wildman–Crippen MR) is 61.2 cm³/mol. The van der Waals surface area contributed by atoms with Gasteiger partial charge in [-0.3, -0.25) is 4.79 Å². The molecule has 0 saturated carbocycles. The highest BCUT2D eigenvalue weighted by molar-refractivity contribution is 5.92. The average Bonchev–Trinajstić information content (AvgIpc) is 2.31. The first-order valence-electron chi connectivity index (χ1n) is 5.15. The van der Waals surface area contributed by atoms with Gasteiger partial charge in [0.1, 0.15) is 5.56 Å². The molecule has 0 aliphatic rings. The molecule has 100 valence electrons. The maximum Gasteiger partial charge on any atom is 0.416 e. The van der Waals surface area contributed by atoms with Crippen LogP contribution in [0.5, 0.6) is 0 Å². The summed E-state index contributed by atoms with van der Waals surface area (Å²) in [5.74, 6) is -1.41. The zero-order valence-electron chi connectivity index (χ0n) is 9.65. The third-order valence-electron chi connectivity index (χ3n) is 2.75. The number of aryl methyl sites for hydroxylation is 1. The molecule has 0 unspecified atom stereocenters. The van der Waals surface area contributed by atoms with Gasteiger partial charge in [-0.25, -0.2) is 4.79 Å². The van der Waals surface area contributed by atoms with Gasteiger partial charge in [-0.15, -0.1) is 0 Å². The summed E-state index contributed by atoms with van der Waals surface area (Å²) in [4.78, 5) is 22.7. The Kier molecular flexibility index (Phi) is 2.84. The highest BCUT2D eigenvalue weighted by Crippen LogP contribution is 2.30. The summed E-state index contributed by atoms with van der Waals surface area (Å²) in [5.41, 5.74) is -2.13. The van der Waals surface area contributed by atoms with Crippen molar-refractivity contribution in [2.24, 2.45) is 7.05 Å². The van der Waals surface area contributed by atoms with Gasteiger partial charge in [0.15, 0.2) is 0 Å². The van der Waals surface area contributed by atoms with E-state index >= 15 is 0 Å². The van der Waals surface area contributed by atoms with E-state index in [-0.39, 0.29) is 10.9 Å². The van der Waals surface area contributed by atoms with Crippen molar-refractivity contribution in [1.29, 1.82) is 0 Å². The van der Waals surface area contributed by atoms with E-state index in [0.29, 0.717) is 0 Å². The number of halogens is 3. The molecule has 1 aromatic heterocycles. The first kappa shape index (κ1) is 13.1. The minimum absolute atomic E-state index is 0.0322. The number of carbonyl (C=O) groups is 1. The van der Waals surface area contributed by atoms with Crippen LogP contribution in [0.4, 0.5) is 13.2 Å². The third kappa shape index (κ3) is 2.18. The summed E-state index contributed by atoms with van der Waals surface area (Å²) in [6.45, 7) is 0. The van der Waals surface area contributed by atoms with Crippen molar-refractivity contribution in [3.8, 4) is 0 Å². The van der Waals surface area contributed by atoms with Gasteiger partial charge in [-0.1, -0.05) is 0 Å². The predicted octanol–water partition coefficient (Wildman–Crippen LogP) is 2.26. The summed E-state index contributed by atoms with van der Waals surface area (Å²) >= 11 is 0. The van der Waals surface area contributed by atoms with Crippen molar-refractivity contribution < 1.29 is 23.1 Å². The fourth-order valence-corrected chi connectivity index (χ4v) is 1.81. The van der Waals surface area contributed by atoms with Crippen LogP contribution in [0, 0.1) is 0 Å². The van der Waals surface area contributed by atoms with Crippen molar-refractivity contribution in [2.75, 3.05) is 0 Å². The van der Waals surface area contributed by atoms with E-state index < -0.39 is 28.7 Å². The molecule has 0 fully saturated rings. The number of aromatic carboxylic acids is 1. The molecule has 0 amide bonds. The number of aromatic nitrogens is 1. The fourth-order valence-electron chi connectivity index (χ4n) is 1.81. The van der Waals surface area contributed by atoms with Gasteiger partial charge in [0.05, 0.1) is 11.1 Å². The Morgan fingerprint density at radius 3 is 2.47 bits per heavy atom. The van der Waals surface area contributed by atoms with E-state index in [1.54, 1.807) is 0 Å². The molecule has 0 aliphatic carbocycles. The number of hydrogen-bond donors (Lipinski definition) is 1. The van der Waals surface area contributed by atoms with Crippen LogP contribution in [0.25, 0.3) is 10.9 Å². The molecular formula is C12H8F3NO3. The minimum atomic E-state index is -4.52. The number of alkyl halides is 3. The zero-order chi connectivity index (χ0) is 14.4. The molecule has 7 heteroatoms. The maximum atomic E-state index is 12.6. The van der Waals surface area contributed by atoms with E-state index in [0.717, 1.165) is 24.4 Å². The topological polar surface area (TPSA) is 59.3 Å². The second-order valence-corrected chi connectivity index (χ2v) is 4.02. The molecule has 2 aromatic rings. The largest absolute Gasteiger partial charge is 0.477 e. The SMILES string of the molecule is Cn1cc(C(=O)O)c(=O)c2ccc(C(F)(F)F)cc21. The number of carboxylic acid groups (broad SMARTS) is 1. The molecule has 19 heavy (non-hydrogen) atoms. The highest BCUT2D eigenvalue weighted by Gasteiger charge is 2.31. The summed E-state index contributed by atoms with van der Waals surface area (Å²) in [7, 11) is 1.38. The number of hydrogen-bond acceptors (Lipinski definition) is 2. The Labute approximate surface area is 104 Å².